The highest BCUT2D eigenvalue weighted by molar-refractivity contribution is 9.10. The third-order valence-electron chi connectivity index (χ3n) is 4.05. The van der Waals surface area contributed by atoms with Crippen LogP contribution < -0.4 is 5.32 Å². The molecule has 1 aliphatic rings. The van der Waals surface area contributed by atoms with Crippen LogP contribution in [-0.4, -0.2) is 31.1 Å². The quantitative estimate of drug-likeness (QED) is 0.580. The molecule has 0 spiro atoms. The van der Waals surface area contributed by atoms with Crippen molar-refractivity contribution in [1.82, 2.24) is 10.2 Å². The minimum absolute atomic E-state index is 0.153. The number of unbranched alkanes of at least 4 members (excludes halogenated alkanes) is 2. The number of rotatable bonds is 7. The predicted molar refractivity (Wildman–Crippen MR) is 89.9 cm³/mol. The van der Waals surface area contributed by atoms with Crippen molar-refractivity contribution in [2.24, 2.45) is 0 Å². The zero-order valence-corrected chi connectivity index (χ0v) is 14.0. The van der Waals surface area contributed by atoms with Gasteiger partial charge in [0.15, 0.2) is 0 Å². The number of hydrogen-bond donors (Lipinski definition) is 1. The van der Waals surface area contributed by atoms with Crippen molar-refractivity contribution < 1.29 is 4.39 Å². The van der Waals surface area contributed by atoms with Gasteiger partial charge in [-0.2, -0.15) is 0 Å². The van der Waals surface area contributed by atoms with E-state index in [-0.39, 0.29) is 5.82 Å². The normalized spacial score (nSPS) is 17.6. The van der Waals surface area contributed by atoms with Crippen molar-refractivity contribution in [3.8, 4) is 0 Å². The summed E-state index contributed by atoms with van der Waals surface area (Å²) in [5.74, 6) is -0.153. The van der Waals surface area contributed by atoms with Crippen LogP contribution in [0.4, 0.5) is 4.39 Å². The number of piperazine rings is 1. The van der Waals surface area contributed by atoms with Crippen molar-refractivity contribution >= 4 is 15.9 Å². The van der Waals surface area contributed by atoms with E-state index in [0.717, 1.165) is 61.9 Å². The van der Waals surface area contributed by atoms with Crippen LogP contribution in [0.1, 0.15) is 37.3 Å². The smallest absolute Gasteiger partial charge is 0.123 e. The van der Waals surface area contributed by atoms with E-state index in [1.807, 2.05) is 12.1 Å². The maximum Gasteiger partial charge on any atom is 0.123 e. The maximum atomic E-state index is 13.7. The SMILES string of the molecule is C=CCCCC[C@H](c1cc(F)ccc1Br)N1CCNCC1. The Kier molecular flexibility index (Phi) is 6.87. The van der Waals surface area contributed by atoms with Gasteiger partial charge in [-0.25, -0.2) is 4.39 Å². The molecule has 4 heteroatoms. The summed E-state index contributed by atoms with van der Waals surface area (Å²) in [6, 6.07) is 5.32. The van der Waals surface area contributed by atoms with Crippen LogP contribution >= 0.6 is 15.9 Å². The first-order valence-corrected chi connectivity index (χ1v) is 8.52. The first-order valence-electron chi connectivity index (χ1n) is 7.73. The summed E-state index contributed by atoms with van der Waals surface area (Å²) in [4.78, 5) is 2.48. The Morgan fingerprint density at radius 2 is 2.10 bits per heavy atom. The minimum atomic E-state index is -0.153. The molecule has 1 aliphatic heterocycles. The molecule has 0 unspecified atom stereocenters. The van der Waals surface area contributed by atoms with Crippen molar-refractivity contribution in [1.29, 1.82) is 0 Å². The van der Waals surface area contributed by atoms with Crippen molar-refractivity contribution in [3.63, 3.8) is 0 Å². The minimum Gasteiger partial charge on any atom is -0.314 e. The first-order chi connectivity index (χ1) is 10.2. The molecule has 0 radical (unpaired) electrons. The van der Waals surface area contributed by atoms with Gasteiger partial charge in [0.1, 0.15) is 5.82 Å². The molecule has 2 nitrogen and oxygen atoms in total. The zero-order valence-electron chi connectivity index (χ0n) is 12.5. The highest BCUT2D eigenvalue weighted by Gasteiger charge is 2.23. The molecule has 0 amide bonds. The predicted octanol–water partition coefficient (Wildman–Crippen LogP) is 4.28. The van der Waals surface area contributed by atoms with Gasteiger partial charge < -0.3 is 5.32 Å². The Labute approximate surface area is 135 Å². The molecule has 116 valence electrons. The second-order valence-electron chi connectivity index (χ2n) is 5.54. The molecule has 1 aromatic carbocycles. The lowest BCUT2D eigenvalue weighted by atomic mass is 9.98. The van der Waals surface area contributed by atoms with Gasteiger partial charge in [-0.05, 0) is 43.0 Å². The van der Waals surface area contributed by atoms with Crippen LogP contribution in [0.2, 0.25) is 0 Å². The fourth-order valence-electron chi connectivity index (χ4n) is 2.92. The summed E-state index contributed by atoms with van der Waals surface area (Å²) in [7, 11) is 0. The third kappa shape index (κ3) is 4.90. The molecule has 1 fully saturated rings. The van der Waals surface area contributed by atoms with Gasteiger partial charge in [0.25, 0.3) is 0 Å². The summed E-state index contributed by atoms with van der Waals surface area (Å²) in [5.41, 5.74) is 1.08. The van der Waals surface area contributed by atoms with Gasteiger partial charge in [0.05, 0.1) is 0 Å². The van der Waals surface area contributed by atoms with Gasteiger partial charge in [-0.1, -0.05) is 28.4 Å². The van der Waals surface area contributed by atoms with Crippen molar-refractivity contribution in [2.75, 3.05) is 26.2 Å². The van der Waals surface area contributed by atoms with Gasteiger partial charge >= 0.3 is 0 Å². The molecule has 1 heterocycles. The highest BCUT2D eigenvalue weighted by Crippen LogP contribution is 2.32. The summed E-state index contributed by atoms with van der Waals surface area (Å²) in [5, 5.41) is 3.38. The molecular weight excluding hydrogens is 331 g/mol. The van der Waals surface area contributed by atoms with E-state index in [4.69, 9.17) is 0 Å². The molecule has 1 saturated heterocycles. The summed E-state index contributed by atoms with van der Waals surface area (Å²) in [6.45, 7) is 7.84. The molecule has 0 aromatic heterocycles. The summed E-state index contributed by atoms with van der Waals surface area (Å²) >= 11 is 3.60. The monoisotopic (exact) mass is 354 g/mol. The van der Waals surface area contributed by atoms with E-state index >= 15 is 0 Å². The molecule has 0 saturated carbocycles. The van der Waals surface area contributed by atoms with E-state index in [1.165, 1.54) is 6.07 Å². The number of halogens is 2. The Balaban J connectivity index is 2.13. The third-order valence-corrected chi connectivity index (χ3v) is 4.77. The zero-order chi connectivity index (χ0) is 15.1. The first kappa shape index (κ1) is 16.7. The van der Waals surface area contributed by atoms with E-state index in [0.29, 0.717) is 6.04 Å². The topological polar surface area (TPSA) is 15.3 Å². The Morgan fingerprint density at radius 3 is 2.81 bits per heavy atom. The molecule has 0 aliphatic carbocycles. The number of hydrogen-bond acceptors (Lipinski definition) is 2. The van der Waals surface area contributed by atoms with Gasteiger partial charge in [0, 0.05) is 36.7 Å². The molecular formula is C17H24BrFN2. The Bertz CT molecular complexity index is 458. The lowest BCUT2D eigenvalue weighted by Gasteiger charge is -2.36. The second-order valence-corrected chi connectivity index (χ2v) is 6.40. The summed E-state index contributed by atoms with van der Waals surface area (Å²) < 4.78 is 14.7. The van der Waals surface area contributed by atoms with Crippen molar-refractivity contribution in [3.05, 3.63) is 46.7 Å². The van der Waals surface area contributed by atoms with Gasteiger partial charge in [-0.15, -0.1) is 6.58 Å². The van der Waals surface area contributed by atoms with Gasteiger partial charge in [-0.3, -0.25) is 4.90 Å². The number of allylic oxidation sites excluding steroid dienone is 1. The summed E-state index contributed by atoms with van der Waals surface area (Å²) in [6.07, 6.45) is 6.38. The van der Waals surface area contributed by atoms with Crippen LogP contribution in [0, 0.1) is 5.82 Å². The number of nitrogens with one attached hydrogen (secondary N) is 1. The number of nitrogens with zero attached hydrogens (tertiary/aromatic N) is 1. The van der Waals surface area contributed by atoms with Crippen molar-refractivity contribution in [2.45, 2.75) is 31.7 Å². The van der Waals surface area contributed by atoms with Crippen LogP contribution in [0.5, 0.6) is 0 Å². The molecule has 1 aromatic rings. The van der Waals surface area contributed by atoms with Crippen LogP contribution in [0.15, 0.2) is 35.3 Å². The standard InChI is InChI=1S/C17H24BrFN2/c1-2-3-4-5-6-17(21-11-9-20-10-12-21)15-13-14(19)7-8-16(15)18/h2,7-8,13,17,20H,1,3-6,9-12H2/t17-/m1/s1. The largest absolute Gasteiger partial charge is 0.314 e. The Hall–Kier alpha value is -0.710. The maximum absolute atomic E-state index is 13.7. The van der Waals surface area contributed by atoms with Gasteiger partial charge in [0.2, 0.25) is 0 Å². The molecule has 1 atom stereocenters. The number of benzene rings is 1. The second kappa shape index (κ2) is 8.66. The fourth-order valence-corrected chi connectivity index (χ4v) is 3.44. The van der Waals surface area contributed by atoms with Crippen LogP contribution in [0.3, 0.4) is 0 Å². The molecule has 2 rings (SSSR count). The fraction of sp³-hybridized carbons (Fsp3) is 0.529. The van der Waals surface area contributed by atoms with Crippen LogP contribution in [-0.2, 0) is 0 Å². The average molecular weight is 355 g/mol. The van der Waals surface area contributed by atoms with E-state index in [2.05, 4.69) is 32.7 Å². The van der Waals surface area contributed by atoms with E-state index in [9.17, 15) is 4.39 Å². The lowest BCUT2D eigenvalue weighted by molar-refractivity contribution is 0.162. The molecule has 0 bridgehead atoms. The Morgan fingerprint density at radius 1 is 1.33 bits per heavy atom. The average Bonchev–Trinajstić information content (AvgIpc) is 2.51. The highest BCUT2D eigenvalue weighted by atomic mass is 79.9. The lowest BCUT2D eigenvalue weighted by Crippen LogP contribution is -2.45. The molecule has 1 N–H and O–H groups in total. The van der Waals surface area contributed by atoms with Crippen LogP contribution in [0.25, 0.3) is 0 Å². The van der Waals surface area contributed by atoms with E-state index in [1.54, 1.807) is 6.07 Å². The molecule has 21 heavy (non-hydrogen) atoms. The van der Waals surface area contributed by atoms with E-state index < -0.39 is 0 Å².